The van der Waals surface area contributed by atoms with Crippen LogP contribution in [0, 0.1) is 0 Å². The number of carbonyl (C=O) groups excluding carboxylic acids is 2. The zero-order valence-corrected chi connectivity index (χ0v) is 17.2. The highest BCUT2D eigenvalue weighted by molar-refractivity contribution is 6.20. The summed E-state index contributed by atoms with van der Waals surface area (Å²) in [6, 6.07) is 21.6. The van der Waals surface area contributed by atoms with Crippen molar-refractivity contribution in [3.05, 3.63) is 83.9 Å². The summed E-state index contributed by atoms with van der Waals surface area (Å²) in [5.74, 6) is 0.823. The Labute approximate surface area is 184 Å². The molecule has 2 heterocycles. The highest BCUT2D eigenvalue weighted by atomic mass is 16.7. The van der Waals surface area contributed by atoms with Gasteiger partial charge in [0.2, 0.25) is 13.0 Å². The zero-order chi connectivity index (χ0) is 22.1. The van der Waals surface area contributed by atoms with Crippen molar-refractivity contribution < 1.29 is 19.1 Å². The summed E-state index contributed by atoms with van der Waals surface area (Å²) in [7, 11) is 1.68. The average Bonchev–Trinajstić information content (AvgIpc) is 3.26. The summed E-state index contributed by atoms with van der Waals surface area (Å²) in [5, 5.41) is 5.41. The number of carbonyl (C=O) groups is 2. The largest absolute Gasteiger partial charge is 0.454 e. The lowest BCUT2D eigenvalue weighted by Crippen LogP contribution is -2.47. The molecular formula is C24H20N4O4. The van der Waals surface area contributed by atoms with Crippen molar-refractivity contribution in [3.63, 3.8) is 0 Å². The molecule has 2 N–H and O–H groups in total. The maximum Gasteiger partial charge on any atom is 0.321 e. The third-order valence-corrected chi connectivity index (χ3v) is 5.29. The number of ether oxygens (including phenoxy) is 2. The van der Waals surface area contributed by atoms with Crippen LogP contribution in [-0.2, 0) is 4.79 Å². The first-order valence-electron chi connectivity index (χ1n) is 10.1. The maximum absolute atomic E-state index is 13.2. The molecule has 3 amide bonds. The Morgan fingerprint density at radius 3 is 2.59 bits per heavy atom. The van der Waals surface area contributed by atoms with E-state index in [1.54, 1.807) is 25.2 Å². The van der Waals surface area contributed by atoms with Crippen LogP contribution in [0.5, 0.6) is 11.5 Å². The van der Waals surface area contributed by atoms with Gasteiger partial charge in [-0.15, -0.1) is 0 Å². The smallest absolute Gasteiger partial charge is 0.321 e. The second-order valence-corrected chi connectivity index (χ2v) is 7.33. The summed E-state index contributed by atoms with van der Waals surface area (Å²) >= 11 is 0. The molecule has 3 aromatic carbocycles. The Hall–Kier alpha value is -4.33. The fourth-order valence-corrected chi connectivity index (χ4v) is 3.71. The summed E-state index contributed by atoms with van der Waals surface area (Å²) in [4.78, 5) is 32.1. The zero-order valence-electron chi connectivity index (χ0n) is 17.2. The van der Waals surface area contributed by atoms with Gasteiger partial charge in [0.1, 0.15) is 0 Å². The molecule has 2 aliphatic rings. The Morgan fingerprint density at radius 1 is 1.00 bits per heavy atom. The summed E-state index contributed by atoms with van der Waals surface area (Å²) in [5.41, 5.74) is 3.53. The number of urea groups is 1. The molecular weight excluding hydrogens is 408 g/mol. The number of aliphatic imine (C=N–C) groups is 1. The van der Waals surface area contributed by atoms with Gasteiger partial charge in [0.25, 0.3) is 5.91 Å². The number of likely N-dealkylation sites (N-methyl/N-ethyl adjacent to an activating group) is 1. The van der Waals surface area contributed by atoms with E-state index in [4.69, 9.17) is 9.47 Å². The van der Waals surface area contributed by atoms with Crippen LogP contribution in [0.25, 0.3) is 0 Å². The van der Waals surface area contributed by atoms with Crippen LogP contribution < -0.4 is 25.0 Å². The molecule has 8 heteroatoms. The first-order valence-corrected chi connectivity index (χ1v) is 10.1. The van der Waals surface area contributed by atoms with Crippen LogP contribution in [0.2, 0.25) is 0 Å². The SMILES string of the molecule is CN1C(=O)[C@@H](NC(=O)Nc2ccc3c(c2)OCO3)N=C(c2ccccc2)c2ccccc21. The summed E-state index contributed by atoms with van der Waals surface area (Å²) in [6.45, 7) is 0.144. The third kappa shape index (κ3) is 3.62. The second-order valence-electron chi connectivity index (χ2n) is 7.33. The van der Waals surface area contributed by atoms with Crippen molar-refractivity contribution in [2.75, 3.05) is 24.1 Å². The molecule has 2 aliphatic heterocycles. The molecule has 0 radical (unpaired) electrons. The number of nitrogens with zero attached hydrogens (tertiary/aromatic N) is 2. The van der Waals surface area contributed by atoms with E-state index in [-0.39, 0.29) is 12.7 Å². The van der Waals surface area contributed by atoms with E-state index in [1.165, 1.54) is 4.90 Å². The number of amides is 3. The Bertz CT molecular complexity index is 1230. The highest BCUT2D eigenvalue weighted by Gasteiger charge is 2.31. The van der Waals surface area contributed by atoms with Crippen molar-refractivity contribution >= 4 is 29.0 Å². The van der Waals surface area contributed by atoms with Crippen molar-refractivity contribution in [1.29, 1.82) is 0 Å². The summed E-state index contributed by atoms with van der Waals surface area (Å²) < 4.78 is 10.6. The molecule has 5 rings (SSSR count). The van der Waals surface area contributed by atoms with Crippen LogP contribution in [0.15, 0.2) is 77.8 Å². The van der Waals surface area contributed by atoms with Gasteiger partial charge < -0.3 is 25.0 Å². The highest BCUT2D eigenvalue weighted by Crippen LogP contribution is 2.34. The molecule has 0 spiro atoms. The van der Waals surface area contributed by atoms with E-state index in [2.05, 4.69) is 15.6 Å². The van der Waals surface area contributed by atoms with E-state index in [0.29, 0.717) is 22.9 Å². The minimum Gasteiger partial charge on any atom is -0.454 e. The number of benzodiazepines with no additional fused rings is 1. The number of hydrogen-bond acceptors (Lipinski definition) is 5. The molecule has 0 fully saturated rings. The minimum atomic E-state index is -1.10. The summed E-state index contributed by atoms with van der Waals surface area (Å²) in [6.07, 6.45) is -1.10. The third-order valence-electron chi connectivity index (χ3n) is 5.29. The van der Waals surface area contributed by atoms with Crippen LogP contribution in [0.4, 0.5) is 16.2 Å². The maximum atomic E-state index is 13.2. The van der Waals surface area contributed by atoms with Crippen LogP contribution in [0.3, 0.4) is 0 Å². The molecule has 3 aromatic rings. The van der Waals surface area contributed by atoms with Gasteiger partial charge in [-0.3, -0.25) is 4.79 Å². The molecule has 1 atom stereocenters. The fourth-order valence-electron chi connectivity index (χ4n) is 3.71. The molecule has 32 heavy (non-hydrogen) atoms. The number of fused-ring (bicyclic) bond motifs is 2. The topological polar surface area (TPSA) is 92.3 Å². The second kappa shape index (κ2) is 8.07. The van der Waals surface area contributed by atoms with Gasteiger partial charge in [-0.25, -0.2) is 9.79 Å². The predicted molar refractivity (Wildman–Crippen MR) is 120 cm³/mol. The number of para-hydroxylation sites is 1. The average molecular weight is 428 g/mol. The predicted octanol–water partition coefficient (Wildman–Crippen LogP) is 3.38. The molecule has 0 aromatic heterocycles. The minimum absolute atomic E-state index is 0.144. The lowest BCUT2D eigenvalue weighted by Gasteiger charge is -2.21. The Balaban J connectivity index is 1.45. The Morgan fingerprint density at radius 2 is 1.75 bits per heavy atom. The van der Waals surface area contributed by atoms with Crippen molar-refractivity contribution in [1.82, 2.24) is 5.32 Å². The molecule has 0 saturated carbocycles. The lowest BCUT2D eigenvalue weighted by molar-refractivity contribution is -0.119. The molecule has 0 unspecified atom stereocenters. The van der Waals surface area contributed by atoms with Gasteiger partial charge in [0.15, 0.2) is 11.5 Å². The Kier molecular flexibility index (Phi) is 4.95. The monoisotopic (exact) mass is 428 g/mol. The van der Waals surface area contributed by atoms with Gasteiger partial charge in [-0.1, -0.05) is 48.5 Å². The lowest BCUT2D eigenvalue weighted by atomic mass is 10.0. The number of benzene rings is 3. The molecule has 0 bridgehead atoms. The fraction of sp³-hybridized carbons (Fsp3) is 0.125. The number of hydrogen-bond donors (Lipinski definition) is 2. The number of anilines is 2. The van der Waals surface area contributed by atoms with Crippen LogP contribution >= 0.6 is 0 Å². The van der Waals surface area contributed by atoms with Gasteiger partial charge in [-0.2, -0.15) is 0 Å². The first kappa shape index (κ1) is 19.6. The van der Waals surface area contributed by atoms with Crippen LogP contribution in [-0.4, -0.2) is 37.7 Å². The molecule has 8 nitrogen and oxygen atoms in total. The van der Waals surface area contributed by atoms with Crippen molar-refractivity contribution in [2.45, 2.75) is 6.17 Å². The van der Waals surface area contributed by atoms with Crippen LogP contribution in [0.1, 0.15) is 11.1 Å². The van der Waals surface area contributed by atoms with Gasteiger partial charge in [0.05, 0.1) is 11.4 Å². The first-order chi connectivity index (χ1) is 15.6. The van der Waals surface area contributed by atoms with E-state index in [1.807, 2.05) is 54.6 Å². The van der Waals surface area contributed by atoms with E-state index < -0.39 is 12.2 Å². The number of nitrogens with one attached hydrogen (secondary N) is 2. The van der Waals surface area contributed by atoms with E-state index >= 15 is 0 Å². The molecule has 0 aliphatic carbocycles. The number of rotatable bonds is 3. The molecule has 160 valence electrons. The van der Waals surface area contributed by atoms with Gasteiger partial charge in [-0.05, 0) is 18.2 Å². The molecule has 0 saturated heterocycles. The van der Waals surface area contributed by atoms with Crippen molar-refractivity contribution in [2.24, 2.45) is 4.99 Å². The standard InChI is InChI=1S/C24H20N4O4/c1-28-18-10-6-5-9-17(18)21(15-7-3-2-4-8-15)26-22(23(28)29)27-24(30)25-16-11-12-19-20(13-16)32-14-31-19/h2-13,22H,14H2,1H3,(H2,25,27,30)/t22-/m1/s1. The normalized spacial score (nSPS) is 16.7. The van der Waals surface area contributed by atoms with Gasteiger partial charge >= 0.3 is 6.03 Å². The van der Waals surface area contributed by atoms with Crippen molar-refractivity contribution in [3.8, 4) is 11.5 Å². The van der Waals surface area contributed by atoms with Gasteiger partial charge in [0, 0.05) is 29.9 Å². The van der Waals surface area contributed by atoms with E-state index in [9.17, 15) is 9.59 Å². The van der Waals surface area contributed by atoms with E-state index in [0.717, 1.165) is 16.8 Å². The quantitative estimate of drug-likeness (QED) is 0.669.